The molecule has 0 bridgehead atoms. The largest absolute Gasteiger partial charge is 0.492 e. The average molecular weight is 405 g/mol. The van der Waals surface area contributed by atoms with E-state index in [9.17, 15) is 13.2 Å². The third kappa shape index (κ3) is 6.27. The topological polar surface area (TPSA) is 75.7 Å². The van der Waals surface area contributed by atoms with Crippen LogP contribution in [0.2, 0.25) is 0 Å². The summed E-state index contributed by atoms with van der Waals surface area (Å²) in [6.07, 6.45) is 2.69. The minimum atomic E-state index is -3.43. The molecule has 6 nitrogen and oxygen atoms in total. The fourth-order valence-electron chi connectivity index (χ4n) is 2.83. The normalized spacial score (nSPS) is 11.1. The second kappa shape index (κ2) is 10.1. The standard InChI is InChI=1S/C21H28N2O4S/c1-4-17-12-14-18(15-13-17)23(28(3,25)26)16-8-11-21(24)22-19-9-6-7-10-20(19)27-5-2/h6-7,9-10,12-15H,4-5,8,11,16H2,1-3H3,(H,22,24). The lowest BCUT2D eigenvalue weighted by molar-refractivity contribution is -0.116. The Morgan fingerprint density at radius 3 is 2.36 bits per heavy atom. The molecular formula is C21H28N2O4S. The highest BCUT2D eigenvalue weighted by Crippen LogP contribution is 2.24. The monoisotopic (exact) mass is 404 g/mol. The summed E-state index contributed by atoms with van der Waals surface area (Å²) in [6, 6.07) is 14.7. The van der Waals surface area contributed by atoms with Crippen molar-refractivity contribution in [2.24, 2.45) is 0 Å². The van der Waals surface area contributed by atoms with Crippen LogP contribution in [0.25, 0.3) is 0 Å². The molecule has 2 aromatic rings. The maximum absolute atomic E-state index is 12.3. The summed E-state index contributed by atoms with van der Waals surface area (Å²) in [4.78, 5) is 12.3. The van der Waals surface area contributed by atoms with E-state index in [0.717, 1.165) is 12.0 Å². The van der Waals surface area contributed by atoms with Gasteiger partial charge in [0.25, 0.3) is 0 Å². The summed E-state index contributed by atoms with van der Waals surface area (Å²) in [5.74, 6) is 0.439. The molecule has 0 unspecified atom stereocenters. The molecule has 7 heteroatoms. The fourth-order valence-corrected chi connectivity index (χ4v) is 3.80. The molecule has 0 spiro atoms. The van der Waals surface area contributed by atoms with Gasteiger partial charge in [0, 0.05) is 13.0 Å². The highest BCUT2D eigenvalue weighted by Gasteiger charge is 2.17. The Morgan fingerprint density at radius 2 is 1.75 bits per heavy atom. The number of carbonyl (C=O) groups is 1. The summed E-state index contributed by atoms with van der Waals surface area (Å²) in [6.45, 7) is 4.68. The van der Waals surface area contributed by atoms with Gasteiger partial charge in [-0.05, 0) is 49.6 Å². The number of aryl methyl sites for hydroxylation is 1. The number of sulfonamides is 1. The van der Waals surface area contributed by atoms with Gasteiger partial charge >= 0.3 is 0 Å². The molecule has 0 radical (unpaired) electrons. The van der Waals surface area contributed by atoms with Gasteiger partial charge in [-0.2, -0.15) is 0 Å². The van der Waals surface area contributed by atoms with Gasteiger partial charge in [-0.15, -0.1) is 0 Å². The number of nitrogens with zero attached hydrogens (tertiary/aromatic N) is 1. The van der Waals surface area contributed by atoms with Crippen molar-refractivity contribution in [3.63, 3.8) is 0 Å². The van der Waals surface area contributed by atoms with Crippen molar-refractivity contribution in [3.8, 4) is 5.75 Å². The lowest BCUT2D eigenvalue weighted by Gasteiger charge is -2.22. The molecule has 1 amide bonds. The summed E-state index contributed by atoms with van der Waals surface area (Å²) in [5, 5.41) is 2.83. The molecule has 0 heterocycles. The van der Waals surface area contributed by atoms with Crippen LogP contribution in [-0.4, -0.2) is 33.7 Å². The van der Waals surface area contributed by atoms with E-state index in [1.807, 2.05) is 38.1 Å². The number of benzene rings is 2. The molecule has 0 saturated heterocycles. The molecule has 2 aromatic carbocycles. The molecule has 0 saturated carbocycles. The van der Waals surface area contributed by atoms with Gasteiger partial charge in [0.05, 0.1) is 24.2 Å². The van der Waals surface area contributed by atoms with Gasteiger partial charge in [0.2, 0.25) is 15.9 Å². The van der Waals surface area contributed by atoms with Crippen molar-refractivity contribution in [2.75, 3.05) is 29.0 Å². The van der Waals surface area contributed by atoms with Gasteiger partial charge in [0.15, 0.2) is 0 Å². The van der Waals surface area contributed by atoms with E-state index in [1.54, 1.807) is 24.3 Å². The Morgan fingerprint density at radius 1 is 1.07 bits per heavy atom. The first-order valence-electron chi connectivity index (χ1n) is 9.43. The molecule has 1 N–H and O–H groups in total. The lowest BCUT2D eigenvalue weighted by Crippen LogP contribution is -2.31. The van der Waals surface area contributed by atoms with Crippen molar-refractivity contribution in [2.45, 2.75) is 33.1 Å². The average Bonchev–Trinajstić information content (AvgIpc) is 2.66. The van der Waals surface area contributed by atoms with E-state index in [1.165, 1.54) is 10.6 Å². The predicted octanol–water partition coefficient (Wildman–Crippen LogP) is 3.83. The van der Waals surface area contributed by atoms with Crippen molar-refractivity contribution in [3.05, 3.63) is 54.1 Å². The number of hydrogen-bond donors (Lipinski definition) is 1. The molecule has 0 fully saturated rings. The highest BCUT2D eigenvalue weighted by molar-refractivity contribution is 7.92. The Kier molecular flexibility index (Phi) is 7.87. The molecule has 0 aromatic heterocycles. The lowest BCUT2D eigenvalue weighted by atomic mass is 10.1. The molecule has 0 aliphatic carbocycles. The number of carbonyl (C=O) groups excluding carboxylic acids is 1. The predicted molar refractivity (Wildman–Crippen MR) is 113 cm³/mol. The maximum atomic E-state index is 12.3. The number of anilines is 2. The van der Waals surface area contributed by atoms with Crippen LogP contribution >= 0.6 is 0 Å². The van der Waals surface area contributed by atoms with Gasteiger partial charge in [-0.1, -0.05) is 31.2 Å². The van der Waals surface area contributed by atoms with Crippen molar-refractivity contribution < 1.29 is 17.9 Å². The van der Waals surface area contributed by atoms with Crippen LogP contribution in [0.3, 0.4) is 0 Å². The summed E-state index contributed by atoms with van der Waals surface area (Å²) < 4.78 is 31.2. The number of nitrogens with one attached hydrogen (secondary N) is 1. The summed E-state index contributed by atoms with van der Waals surface area (Å²) in [7, 11) is -3.43. The van der Waals surface area contributed by atoms with E-state index < -0.39 is 10.0 Å². The summed E-state index contributed by atoms with van der Waals surface area (Å²) in [5.41, 5.74) is 2.37. The molecule has 0 atom stereocenters. The van der Waals surface area contributed by atoms with E-state index in [2.05, 4.69) is 5.32 Å². The molecule has 2 rings (SSSR count). The summed E-state index contributed by atoms with van der Waals surface area (Å²) >= 11 is 0. The molecule has 0 aliphatic heterocycles. The Hall–Kier alpha value is -2.54. The van der Waals surface area contributed by atoms with Gasteiger partial charge in [-0.3, -0.25) is 9.10 Å². The minimum absolute atomic E-state index is 0.179. The van der Waals surface area contributed by atoms with Crippen LogP contribution in [0.4, 0.5) is 11.4 Å². The van der Waals surface area contributed by atoms with Crippen LogP contribution in [0, 0.1) is 0 Å². The number of ether oxygens (including phenoxy) is 1. The fraction of sp³-hybridized carbons (Fsp3) is 0.381. The Labute approximate surface area is 167 Å². The van der Waals surface area contributed by atoms with Crippen molar-refractivity contribution in [1.82, 2.24) is 0 Å². The first-order chi connectivity index (χ1) is 13.3. The van der Waals surface area contributed by atoms with Crippen molar-refractivity contribution >= 4 is 27.3 Å². The first kappa shape index (κ1) is 21.8. The molecule has 152 valence electrons. The third-order valence-corrected chi connectivity index (χ3v) is 5.45. The second-order valence-corrected chi connectivity index (χ2v) is 8.34. The van der Waals surface area contributed by atoms with Crippen LogP contribution in [0.1, 0.15) is 32.3 Å². The zero-order valence-corrected chi connectivity index (χ0v) is 17.5. The van der Waals surface area contributed by atoms with Gasteiger partial charge < -0.3 is 10.1 Å². The Bertz CT molecular complexity index is 880. The molecular weight excluding hydrogens is 376 g/mol. The van der Waals surface area contributed by atoms with Crippen molar-refractivity contribution in [1.29, 1.82) is 0 Å². The third-order valence-electron chi connectivity index (χ3n) is 4.26. The van der Waals surface area contributed by atoms with E-state index in [-0.39, 0.29) is 18.9 Å². The smallest absolute Gasteiger partial charge is 0.232 e. The van der Waals surface area contributed by atoms with E-state index in [4.69, 9.17) is 4.74 Å². The SMILES string of the molecule is CCOc1ccccc1NC(=O)CCCN(c1ccc(CC)cc1)S(C)(=O)=O. The second-order valence-electron chi connectivity index (χ2n) is 6.44. The quantitative estimate of drug-likeness (QED) is 0.653. The number of rotatable bonds is 10. The van der Waals surface area contributed by atoms with E-state index >= 15 is 0 Å². The van der Waals surface area contributed by atoms with E-state index in [0.29, 0.717) is 30.2 Å². The maximum Gasteiger partial charge on any atom is 0.232 e. The number of hydrogen-bond acceptors (Lipinski definition) is 4. The minimum Gasteiger partial charge on any atom is -0.492 e. The highest BCUT2D eigenvalue weighted by atomic mass is 32.2. The Balaban J connectivity index is 1.97. The van der Waals surface area contributed by atoms with Gasteiger partial charge in [0.1, 0.15) is 5.75 Å². The number of amides is 1. The molecule has 28 heavy (non-hydrogen) atoms. The van der Waals surface area contributed by atoms with Gasteiger partial charge in [-0.25, -0.2) is 8.42 Å². The zero-order chi connectivity index (χ0) is 20.6. The zero-order valence-electron chi connectivity index (χ0n) is 16.6. The number of para-hydroxylation sites is 2. The first-order valence-corrected chi connectivity index (χ1v) is 11.3. The van der Waals surface area contributed by atoms with Crippen LogP contribution in [0.5, 0.6) is 5.75 Å². The van der Waals surface area contributed by atoms with Crippen LogP contribution < -0.4 is 14.4 Å². The van der Waals surface area contributed by atoms with Crippen LogP contribution in [0.15, 0.2) is 48.5 Å². The molecule has 0 aliphatic rings. The van der Waals surface area contributed by atoms with Crippen LogP contribution in [-0.2, 0) is 21.2 Å².